The first-order valence-corrected chi connectivity index (χ1v) is 10.8. The van der Waals surface area contributed by atoms with Crippen LogP contribution in [0, 0.1) is 75.5 Å². The summed E-state index contributed by atoms with van der Waals surface area (Å²) in [5.41, 5.74) is -2.68. The number of nitriles is 3. The van der Waals surface area contributed by atoms with Crippen molar-refractivity contribution in [3.05, 3.63) is 55.6 Å². The predicted molar refractivity (Wildman–Crippen MR) is 117 cm³/mol. The van der Waals surface area contributed by atoms with E-state index in [4.69, 9.17) is 22.4 Å². The number of benzene rings is 3. The fourth-order valence-electron chi connectivity index (χ4n) is 3.71. The van der Waals surface area contributed by atoms with Crippen molar-refractivity contribution >= 4 is 75.9 Å². The lowest BCUT2D eigenvalue weighted by Gasteiger charge is -2.12. The van der Waals surface area contributed by atoms with Gasteiger partial charge in [-0.2, -0.15) is 10.5 Å². The van der Waals surface area contributed by atoms with Gasteiger partial charge in [-0.1, -0.05) is 0 Å². The maximum absolute atomic E-state index is 15.4. The van der Waals surface area contributed by atoms with Gasteiger partial charge in [-0.05, 0) is 0 Å². The van der Waals surface area contributed by atoms with Crippen LogP contribution in [-0.2, 0) is 0 Å². The highest BCUT2D eigenvalue weighted by Gasteiger charge is 2.31. The molecule has 0 unspecified atom stereocenters. The number of hydrogen-bond donors (Lipinski definition) is 0. The Morgan fingerprint density at radius 2 is 1.19 bits per heavy atom. The molecule has 0 aliphatic rings. The van der Waals surface area contributed by atoms with Gasteiger partial charge in [0.2, 0.25) is 0 Å². The average molecular weight is 526 g/mol. The zero-order valence-corrected chi connectivity index (χ0v) is 18.4. The highest BCUT2D eigenvalue weighted by Crippen LogP contribution is 2.43. The molecular formula is C22F6N6S2. The minimum Gasteiger partial charge on any atom is -0.247 e. The third-order valence-corrected chi connectivity index (χ3v) is 7.33. The molecule has 0 spiro atoms. The van der Waals surface area contributed by atoms with Crippen molar-refractivity contribution in [3.8, 4) is 18.2 Å². The van der Waals surface area contributed by atoms with Gasteiger partial charge in [0, 0.05) is 16.2 Å². The summed E-state index contributed by atoms with van der Waals surface area (Å²) in [6.45, 7) is 7.04. The van der Waals surface area contributed by atoms with Crippen molar-refractivity contribution in [3.63, 3.8) is 0 Å². The standard InChI is InChI=1S/C22F6N6S2/c1-32-6(4-31)22-33-17-8-7-10(14(26)12(24)9(8)13(25)16(28)20(17)36-22)19-18(15(27)11(7)23)34-21(35-19)5(2-29)3-30/b22-6-. The molecule has 6 nitrogen and oxygen atoms in total. The summed E-state index contributed by atoms with van der Waals surface area (Å²) in [6.07, 6.45) is 0. The smallest absolute Gasteiger partial charge is 0.247 e. The van der Waals surface area contributed by atoms with Crippen LogP contribution in [0.1, 0.15) is 0 Å². The van der Waals surface area contributed by atoms with Crippen molar-refractivity contribution in [2.45, 2.75) is 0 Å². The van der Waals surface area contributed by atoms with E-state index >= 15 is 17.6 Å². The van der Waals surface area contributed by atoms with Gasteiger partial charge in [-0.3, -0.25) is 0 Å². The molecule has 36 heavy (non-hydrogen) atoms. The van der Waals surface area contributed by atoms with Gasteiger partial charge in [0.15, 0.2) is 40.5 Å². The Balaban J connectivity index is 2.22. The number of rotatable bonds is 0. The van der Waals surface area contributed by atoms with Crippen LogP contribution in [0.15, 0.2) is 0 Å². The normalized spacial score (nSPS) is 11.9. The van der Waals surface area contributed by atoms with Gasteiger partial charge in [0.1, 0.15) is 27.0 Å². The van der Waals surface area contributed by atoms with Crippen LogP contribution < -0.4 is 9.33 Å². The minimum absolute atomic E-state index is 0.339. The van der Waals surface area contributed by atoms with Crippen molar-refractivity contribution in [2.24, 2.45) is 0 Å². The van der Waals surface area contributed by atoms with E-state index < -0.39 is 97.5 Å². The van der Waals surface area contributed by atoms with E-state index in [0.717, 1.165) is 0 Å². The molecule has 2 heterocycles. The molecule has 0 aliphatic carbocycles. The number of halogens is 6. The highest BCUT2D eigenvalue weighted by molar-refractivity contribution is 7.18. The summed E-state index contributed by atoms with van der Waals surface area (Å²) < 4.78 is 88.8. The van der Waals surface area contributed by atoms with Crippen LogP contribution in [0.25, 0.3) is 58.1 Å². The number of aromatic nitrogens is 2. The van der Waals surface area contributed by atoms with Gasteiger partial charge in [-0.15, -0.1) is 22.7 Å². The Kier molecular flexibility index (Phi) is 5.04. The summed E-state index contributed by atoms with van der Waals surface area (Å²) in [6, 6.07) is 4.49. The highest BCUT2D eigenvalue weighted by atomic mass is 32.1. The Hall–Kier alpha value is -4.76. The molecule has 3 aromatic carbocycles. The molecule has 0 atom stereocenters. The van der Waals surface area contributed by atoms with Gasteiger partial charge >= 0.3 is 0 Å². The van der Waals surface area contributed by atoms with Gasteiger partial charge in [0.05, 0.1) is 32.9 Å². The van der Waals surface area contributed by atoms with Gasteiger partial charge in [-0.25, -0.2) is 46.4 Å². The molecule has 0 radical (unpaired) electrons. The van der Waals surface area contributed by atoms with Crippen LogP contribution in [0.2, 0.25) is 0 Å². The Labute approximate surface area is 201 Å². The summed E-state index contributed by atoms with van der Waals surface area (Å²) in [7, 11) is 0. The lowest BCUT2D eigenvalue weighted by molar-refractivity contribution is 0.501. The molecule has 0 saturated heterocycles. The summed E-state index contributed by atoms with van der Waals surface area (Å²) in [5, 5.41) is 23.2. The Bertz CT molecular complexity index is 2140. The molecule has 2 aromatic heterocycles. The second kappa shape index (κ2) is 7.89. The largest absolute Gasteiger partial charge is 0.296 e. The van der Waals surface area contributed by atoms with Crippen LogP contribution in [0.4, 0.5) is 26.3 Å². The van der Waals surface area contributed by atoms with E-state index in [0.29, 0.717) is 22.7 Å². The van der Waals surface area contributed by atoms with Crippen molar-refractivity contribution in [2.75, 3.05) is 0 Å². The van der Waals surface area contributed by atoms with E-state index in [9.17, 15) is 8.78 Å². The number of nitrogens with zero attached hydrogens (tertiary/aromatic N) is 6. The zero-order chi connectivity index (χ0) is 26.0. The van der Waals surface area contributed by atoms with Crippen LogP contribution >= 0.6 is 22.7 Å². The number of fused-ring (bicyclic) bond motifs is 7. The van der Waals surface area contributed by atoms with Crippen molar-refractivity contribution < 1.29 is 26.3 Å². The molecule has 0 amide bonds. The Morgan fingerprint density at radius 3 is 1.81 bits per heavy atom. The third kappa shape index (κ3) is 2.80. The Morgan fingerprint density at radius 1 is 0.639 bits per heavy atom. The lowest BCUT2D eigenvalue weighted by atomic mass is 9.98. The van der Waals surface area contributed by atoms with E-state index in [-0.39, 0.29) is 0 Å². The van der Waals surface area contributed by atoms with E-state index in [1.807, 2.05) is 0 Å². The molecule has 172 valence electrons. The van der Waals surface area contributed by atoms with Crippen LogP contribution in [-0.4, -0.2) is 9.97 Å². The quantitative estimate of drug-likeness (QED) is 0.164. The summed E-state index contributed by atoms with van der Waals surface area (Å²) >= 11 is 0.729. The van der Waals surface area contributed by atoms with Crippen LogP contribution in [0.3, 0.4) is 0 Å². The molecule has 14 heteroatoms. The van der Waals surface area contributed by atoms with E-state index in [1.165, 1.54) is 18.2 Å². The zero-order valence-electron chi connectivity index (χ0n) is 16.8. The van der Waals surface area contributed by atoms with Gasteiger partial charge < -0.3 is 0 Å². The van der Waals surface area contributed by atoms with Crippen LogP contribution in [0.5, 0.6) is 0 Å². The summed E-state index contributed by atoms with van der Waals surface area (Å²) in [5.74, 6) is -10.9. The average Bonchev–Trinajstić information content (AvgIpc) is 3.50. The molecule has 0 N–H and O–H groups in total. The van der Waals surface area contributed by atoms with E-state index in [1.54, 1.807) is 0 Å². The monoisotopic (exact) mass is 526 g/mol. The SMILES string of the molecule is [C-]#[N+]/C(C#N)=c1/nc2c(s1)c(F)c(F)c1c(F)c(F)c3c4sc(=C(C#N)C#N)nc4c(F)c(F)c3c12. The topological polar surface area (TPSA) is 102 Å². The van der Waals surface area contributed by atoms with E-state index in [2.05, 4.69) is 14.8 Å². The predicted octanol–water partition coefficient (Wildman–Crippen LogP) is 4.80. The molecule has 0 fully saturated rings. The van der Waals surface area contributed by atoms with Crippen molar-refractivity contribution in [1.82, 2.24) is 9.97 Å². The molecule has 5 aromatic rings. The second-order valence-corrected chi connectivity index (χ2v) is 8.95. The maximum Gasteiger partial charge on any atom is 0.296 e. The fourth-order valence-corrected chi connectivity index (χ4v) is 5.71. The number of thiazole rings is 2. The minimum atomic E-state index is -1.94. The first-order chi connectivity index (χ1) is 17.2. The van der Waals surface area contributed by atoms with Crippen molar-refractivity contribution in [1.29, 1.82) is 15.8 Å². The third-order valence-electron chi connectivity index (χ3n) is 5.19. The molecule has 0 aliphatic heterocycles. The molecule has 0 bridgehead atoms. The molecular weight excluding hydrogens is 526 g/mol. The maximum atomic E-state index is 15.4. The molecule has 0 saturated carbocycles. The second-order valence-electron chi connectivity index (χ2n) is 6.95. The lowest BCUT2D eigenvalue weighted by Crippen LogP contribution is -2.03. The fraction of sp³-hybridized carbons (Fsp3) is 0. The summed E-state index contributed by atoms with van der Waals surface area (Å²) in [4.78, 5) is 10.5. The number of hydrogen-bond acceptors (Lipinski definition) is 7. The first kappa shape index (κ1) is 23.0. The van der Waals surface area contributed by atoms with Gasteiger partial charge in [0.25, 0.3) is 5.70 Å². The molecule has 5 rings (SSSR count). The first-order valence-electron chi connectivity index (χ1n) is 9.21.